The molecule has 0 saturated heterocycles. The molecule has 1 amide bonds. The number of aliphatic hydroxyl groups is 1. The Balaban J connectivity index is 1.94. The van der Waals surface area contributed by atoms with Gasteiger partial charge in [0, 0.05) is 17.8 Å². The SMILES string of the molecule is C[NH+](C)CCCN1C(=O)C(O)=C(C(=O)c2ccco2)[C@H]1c1cccs1. The number of aliphatic hydroxyl groups excluding tert-OH is 1. The summed E-state index contributed by atoms with van der Waals surface area (Å²) in [5.74, 6) is -1.30. The maximum Gasteiger partial charge on any atom is 0.290 e. The van der Waals surface area contributed by atoms with Gasteiger partial charge in [0.2, 0.25) is 5.78 Å². The first kappa shape index (κ1) is 17.4. The quantitative estimate of drug-likeness (QED) is 0.732. The Labute approximate surface area is 150 Å². The summed E-state index contributed by atoms with van der Waals surface area (Å²) in [5.41, 5.74) is 0.0969. The van der Waals surface area contributed by atoms with Gasteiger partial charge in [-0.2, -0.15) is 0 Å². The molecule has 3 rings (SSSR count). The molecule has 2 aromatic rings. The monoisotopic (exact) mass is 361 g/mol. The fourth-order valence-corrected chi connectivity index (χ4v) is 3.85. The van der Waals surface area contributed by atoms with Crippen LogP contribution >= 0.6 is 11.3 Å². The summed E-state index contributed by atoms with van der Waals surface area (Å²) in [7, 11) is 4.09. The van der Waals surface area contributed by atoms with E-state index in [4.69, 9.17) is 4.42 Å². The van der Waals surface area contributed by atoms with Gasteiger partial charge in [0.25, 0.3) is 5.91 Å². The van der Waals surface area contributed by atoms with Gasteiger partial charge in [0.1, 0.15) is 0 Å². The van der Waals surface area contributed by atoms with Gasteiger partial charge in [-0.1, -0.05) is 6.07 Å². The molecular weight excluding hydrogens is 340 g/mol. The van der Waals surface area contributed by atoms with Crippen LogP contribution in [0, 0.1) is 0 Å². The maximum absolute atomic E-state index is 12.8. The van der Waals surface area contributed by atoms with Crippen LogP contribution in [0.1, 0.15) is 27.9 Å². The summed E-state index contributed by atoms with van der Waals surface area (Å²) in [5, 5.41) is 12.3. The number of quaternary nitrogens is 1. The number of thiophene rings is 1. The molecule has 0 bridgehead atoms. The molecule has 0 saturated carbocycles. The Kier molecular flexibility index (Phi) is 5.06. The Hall–Kier alpha value is -2.38. The number of nitrogens with one attached hydrogen (secondary N) is 1. The van der Waals surface area contributed by atoms with Crippen molar-refractivity contribution in [1.29, 1.82) is 0 Å². The molecule has 7 heteroatoms. The number of carbonyl (C=O) groups is 2. The Morgan fingerprint density at radius 2 is 2.16 bits per heavy atom. The summed E-state index contributed by atoms with van der Waals surface area (Å²) < 4.78 is 5.18. The van der Waals surface area contributed by atoms with Crippen molar-refractivity contribution in [2.45, 2.75) is 12.5 Å². The summed E-state index contributed by atoms with van der Waals surface area (Å²) in [4.78, 5) is 29.1. The van der Waals surface area contributed by atoms with Crippen LogP contribution in [0.25, 0.3) is 0 Å². The molecule has 0 unspecified atom stereocenters. The molecule has 2 N–H and O–H groups in total. The lowest BCUT2D eigenvalue weighted by molar-refractivity contribution is -0.858. The van der Waals surface area contributed by atoms with Gasteiger partial charge in [-0.3, -0.25) is 9.59 Å². The van der Waals surface area contributed by atoms with E-state index in [9.17, 15) is 14.7 Å². The van der Waals surface area contributed by atoms with Crippen molar-refractivity contribution in [1.82, 2.24) is 4.90 Å². The lowest BCUT2D eigenvalue weighted by Gasteiger charge is -2.25. The van der Waals surface area contributed by atoms with Crippen LogP contribution in [0.4, 0.5) is 0 Å². The highest BCUT2D eigenvalue weighted by Gasteiger charge is 2.44. The van der Waals surface area contributed by atoms with E-state index in [1.54, 1.807) is 11.0 Å². The lowest BCUT2D eigenvalue weighted by Crippen LogP contribution is -3.05. The normalized spacial score (nSPS) is 17.8. The molecule has 132 valence electrons. The van der Waals surface area contributed by atoms with Gasteiger partial charge in [-0.15, -0.1) is 11.3 Å². The van der Waals surface area contributed by atoms with Gasteiger partial charge in [-0.05, 0) is 23.6 Å². The molecule has 3 heterocycles. The predicted octanol–water partition coefficient (Wildman–Crippen LogP) is 1.45. The highest BCUT2D eigenvalue weighted by atomic mass is 32.1. The van der Waals surface area contributed by atoms with Crippen LogP contribution in [0.3, 0.4) is 0 Å². The van der Waals surface area contributed by atoms with Gasteiger partial charge >= 0.3 is 0 Å². The minimum Gasteiger partial charge on any atom is -0.503 e. The van der Waals surface area contributed by atoms with Gasteiger partial charge in [0.05, 0.1) is 38.5 Å². The number of ketones is 1. The molecule has 0 aliphatic carbocycles. The third-order valence-corrected chi connectivity index (χ3v) is 5.11. The third kappa shape index (κ3) is 3.38. The second kappa shape index (κ2) is 7.25. The molecule has 2 aromatic heterocycles. The molecule has 1 atom stereocenters. The number of amides is 1. The largest absolute Gasteiger partial charge is 0.503 e. The topological polar surface area (TPSA) is 75.2 Å². The first-order valence-corrected chi connectivity index (χ1v) is 9.03. The summed E-state index contributed by atoms with van der Waals surface area (Å²) in [6, 6.07) is 6.33. The molecule has 0 aromatic carbocycles. The number of rotatable bonds is 7. The molecule has 0 radical (unpaired) electrons. The lowest BCUT2D eigenvalue weighted by atomic mass is 10.0. The standard InChI is InChI=1S/C18H20N2O4S/c1-19(2)8-5-9-20-15(13-7-4-11-25-13)14(17(22)18(20)23)16(21)12-6-3-10-24-12/h3-4,6-7,10-11,15,22H,5,8-9H2,1-2H3/p+1/t15-/m1/s1. The zero-order valence-electron chi connectivity index (χ0n) is 14.2. The molecular formula is C18H21N2O4S+. The molecule has 25 heavy (non-hydrogen) atoms. The van der Waals surface area contributed by atoms with Crippen LogP contribution in [-0.2, 0) is 4.79 Å². The second-order valence-electron chi connectivity index (χ2n) is 6.30. The molecule has 0 fully saturated rings. The van der Waals surface area contributed by atoms with Gasteiger partial charge in [0.15, 0.2) is 11.5 Å². The van der Waals surface area contributed by atoms with Crippen LogP contribution in [-0.4, -0.2) is 48.9 Å². The van der Waals surface area contributed by atoms with Crippen molar-refractivity contribution in [3.8, 4) is 0 Å². The summed E-state index contributed by atoms with van der Waals surface area (Å²) in [6.45, 7) is 1.37. The van der Waals surface area contributed by atoms with Gasteiger partial charge < -0.3 is 19.3 Å². The Morgan fingerprint density at radius 3 is 2.76 bits per heavy atom. The zero-order valence-corrected chi connectivity index (χ0v) is 15.0. The number of Topliss-reactive ketones (excluding diaryl/α,β-unsaturated/α-hetero) is 1. The first-order chi connectivity index (χ1) is 12.0. The average molecular weight is 361 g/mol. The van der Waals surface area contributed by atoms with Crippen molar-refractivity contribution >= 4 is 23.0 Å². The van der Waals surface area contributed by atoms with Crippen molar-refractivity contribution in [2.24, 2.45) is 0 Å². The van der Waals surface area contributed by atoms with Crippen LogP contribution in [0.15, 0.2) is 51.7 Å². The third-order valence-electron chi connectivity index (χ3n) is 4.18. The van der Waals surface area contributed by atoms with Crippen molar-refractivity contribution in [3.05, 3.63) is 57.9 Å². The van der Waals surface area contributed by atoms with E-state index in [2.05, 4.69) is 0 Å². The minimum atomic E-state index is -0.567. The van der Waals surface area contributed by atoms with Crippen molar-refractivity contribution < 1.29 is 24.0 Å². The number of nitrogens with zero attached hydrogens (tertiary/aromatic N) is 1. The first-order valence-electron chi connectivity index (χ1n) is 8.15. The zero-order chi connectivity index (χ0) is 18.0. The smallest absolute Gasteiger partial charge is 0.290 e. The van der Waals surface area contributed by atoms with E-state index >= 15 is 0 Å². The van der Waals surface area contributed by atoms with Crippen molar-refractivity contribution in [3.63, 3.8) is 0 Å². The predicted molar refractivity (Wildman–Crippen MR) is 93.8 cm³/mol. The van der Waals surface area contributed by atoms with Crippen LogP contribution < -0.4 is 4.90 Å². The van der Waals surface area contributed by atoms with E-state index in [0.717, 1.165) is 17.8 Å². The number of hydrogen-bond acceptors (Lipinski definition) is 5. The van der Waals surface area contributed by atoms with E-state index in [-0.39, 0.29) is 11.3 Å². The van der Waals surface area contributed by atoms with E-state index in [1.165, 1.54) is 28.6 Å². The van der Waals surface area contributed by atoms with Gasteiger partial charge in [-0.25, -0.2) is 0 Å². The average Bonchev–Trinajstić information content (AvgIpc) is 3.31. The maximum atomic E-state index is 12.8. The molecule has 6 nitrogen and oxygen atoms in total. The summed E-state index contributed by atoms with van der Waals surface area (Å²) in [6.07, 6.45) is 2.19. The highest BCUT2D eigenvalue weighted by Crippen LogP contribution is 2.40. The van der Waals surface area contributed by atoms with Crippen LogP contribution in [0.5, 0.6) is 0 Å². The molecule has 1 aliphatic rings. The van der Waals surface area contributed by atoms with Crippen molar-refractivity contribution in [2.75, 3.05) is 27.2 Å². The highest BCUT2D eigenvalue weighted by molar-refractivity contribution is 7.10. The Bertz CT molecular complexity index is 778. The number of furan rings is 1. The number of hydrogen-bond donors (Lipinski definition) is 2. The summed E-state index contributed by atoms with van der Waals surface area (Å²) >= 11 is 1.46. The number of carbonyl (C=O) groups excluding carboxylic acids is 2. The molecule has 0 spiro atoms. The second-order valence-corrected chi connectivity index (χ2v) is 7.28. The fourth-order valence-electron chi connectivity index (χ4n) is 3.00. The fraction of sp³-hybridized carbons (Fsp3) is 0.333. The minimum absolute atomic E-state index is 0.0969. The van der Waals surface area contributed by atoms with E-state index < -0.39 is 23.5 Å². The van der Waals surface area contributed by atoms with E-state index in [0.29, 0.717) is 6.54 Å². The van der Waals surface area contributed by atoms with E-state index in [1.807, 2.05) is 31.6 Å². The van der Waals surface area contributed by atoms with Crippen LogP contribution in [0.2, 0.25) is 0 Å². The Morgan fingerprint density at radius 1 is 1.36 bits per heavy atom. The molecule has 1 aliphatic heterocycles.